The normalized spacial score (nSPS) is 13.8. The second-order valence-electron chi connectivity index (χ2n) is 5.55. The smallest absolute Gasteiger partial charge is 0.328 e. The zero-order valence-corrected chi connectivity index (χ0v) is 12.7. The van der Waals surface area contributed by atoms with E-state index >= 15 is 0 Å². The van der Waals surface area contributed by atoms with Crippen molar-refractivity contribution in [2.45, 2.75) is 65.0 Å². The van der Waals surface area contributed by atoms with Crippen molar-refractivity contribution in [3.8, 4) is 0 Å². The monoisotopic (exact) mass is 288 g/mol. The first-order valence-electron chi connectivity index (χ1n) is 7.29. The summed E-state index contributed by atoms with van der Waals surface area (Å²) in [6.07, 6.45) is 4.36. The molecule has 0 aromatic rings. The molecular weight excluding hydrogens is 260 g/mol. The van der Waals surface area contributed by atoms with Gasteiger partial charge in [0, 0.05) is 6.54 Å². The first-order valence-corrected chi connectivity index (χ1v) is 7.29. The Balaban J connectivity index is 3.65. The molecule has 6 nitrogen and oxygen atoms in total. The molecule has 0 spiro atoms. The fourth-order valence-electron chi connectivity index (χ4n) is 1.81. The van der Waals surface area contributed by atoms with Crippen LogP contribution in [0.2, 0.25) is 0 Å². The van der Waals surface area contributed by atoms with E-state index in [0.717, 1.165) is 25.2 Å². The third kappa shape index (κ3) is 9.61. The second-order valence-corrected chi connectivity index (χ2v) is 5.55. The molecule has 0 aliphatic carbocycles. The molecule has 0 aromatic heterocycles. The Bertz CT molecular complexity index is 293. The number of nitrogens with one attached hydrogen (secondary N) is 2. The number of rotatable bonds is 10. The van der Waals surface area contributed by atoms with Gasteiger partial charge in [0.1, 0.15) is 0 Å². The Morgan fingerprint density at radius 3 is 2.15 bits per heavy atom. The SMILES string of the molecule is CC(C)CCCCCCNC(=O)N[C@H](C(=O)O)[C@@H](C)O. The highest BCUT2D eigenvalue weighted by Gasteiger charge is 2.24. The molecule has 0 fully saturated rings. The van der Waals surface area contributed by atoms with Gasteiger partial charge in [0.25, 0.3) is 0 Å². The lowest BCUT2D eigenvalue weighted by molar-refractivity contribution is -0.141. The average Bonchev–Trinajstić information content (AvgIpc) is 2.33. The van der Waals surface area contributed by atoms with Crippen molar-refractivity contribution >= 4 is 12.0 Å². The van der Waals surface area contributed by atoms with Crippen LogP contribution in [0.3, 0.4) is 0 Å². The number of aliphatic hydroxyl groups is 1. The third-order valence-corrected chi connectivity index (χ3v) is 3.03. The number of aliphatic hydroxyl groups excluding tert-OH is 1. The van der Waals surface area contributed by atoms with Gasteiger partial charge in [0.15, 0.2) is 6.04 Å². The minimum Gasteiger partial charge on any atom is -0.480 e. The van der Waals surface area contributed by atoms with E-state index in [1.54, 1.807) is 0 Å². The van der Waals surface area contributed by atoms with Gasteiger partial charge >= 0.3 is 12.0 Å². The minimum absolute atomic E-state index is 0.514. The molecule has 0 radical (unpaired) electrons. The van der Waals surface area contributed by atoms with Crippen LogP contribution >= 0.6 is 0 Å². The molecule has 2 atom stereocenters. The Morgan fingerprint density at radius 1 is 1.05 bits per heavy atom. The van der Waals surface area contributed by atoms with Gasteiger partial charge in [-0.25, -0.2) is 9.59 Å². The summed E-state index contributed by atoms with van der Waals surface area (Å²) in [5.74, 6) is -0.517. The minimum atomic E-state index is -1.28. The lowest BCUT2D eigenvalue weighted by Crippen LogP contribution is -2.51. The van der Waals surface area contributed by atoms with Gasteiger partial charge in [-0.05, 0) is 19.3 Å². The molecule has 20 heavy (non-hydrogen) atoms. The fourth-order valence-corrected chi connectivity index (χ4v) is 1.81. The summed E-state index contributed by atoms with van der Waals surface area (Å²) < 4.78 is 0. The van der Waals surface area contributed by atoms with Gasteiger partial charge in [-0.3, -0.25) is 0 Å². The molecule has 0 heterocycles. The van der Waals surface area contributed by atoms with E-state index in [-0.39, 0.29) is 0 Å². The van der Waals surface area contributed by atoms with Crippen LogP contribution in [-0.2, 0) is 4.79 Å². The predicted octanol–water partition coefficient (Wildman–Crippen LogP) is 1.73. The largest absolute Gasteiger partial charge is 0.480 e. The number of hydrogen-bond donors (Lipinski definition) is 4. The summed E-state index contributed by atoms with van der Waals surface area (Å²) in [7, 11) is 0. The molecule has 0 saturated carbocycles. The zero-order chi connectivity index (χ0) is 15.5. The van der Waals surface area contributed by atoms with Crippen molar-refractivity contribution in [1.29, 1.82) is 0 Å². The molecule has 0 aliphatic heterocycles. The van der Waals surface area contributed by atoms with Crippen LogP contribution in [0, 0.1) is 5.92 Å². The standard InChI is InChI=1S/C14H28N2O4/c1-10(2)8-6-4-5-7-9-15-14(20)16-12(11(3)17)13(18)19/h10-12,17H,4-9H2,1-3H3,(H,18,19)(H2,15,16,20)/t11-,12+/m1/s1. The van der Waals surface area contributed by atoms with Crippen LogP contribution in [-0.4, -0.2) is 40.9 Å². The van der Waals surface area contributed by atoms with Crippen molar-refractivity contribution in [3.05, 3.63) is 0 Å². The van der Waals surface area contributed by atoms with Crippen LogP contribution in [0.1, 0.15) is 52.9 Å². The number of aliphatic carboxylic acids is 1. The maximum Gasteiger partial charge on any atom is 0.328 e. The van der Waals surface area contributed by atoms with Crippen LogP contribution in [0.5, 0.6) is 0 Å². The Hall–Kier alpha value is -1.30. The van der Waals surface area contributed by atoms with Gasteiger partial charge < -0.3 is 20.8 Å². The van der Waals surface area contributed by atoms with Crippen molar-refractivity contribution in [1.82, 2.24) is 10.6 Å². The molecule has 0 saturated heterocycles. The summed E-state index contributed by atoms with van der Waals surface area (Å²) >= 11 is 0. The van der Waals surface area contributed by atoms with E-state index in [1.165, 1.54) is 19.8 Å². The summed E-state index contributed by atoms with van der Waals surface area (Å²) in [5.41, 5.74) is 0. The lowest BCUT2D eigenvalue weighted by Gasteiger charge is -2.17. The van der Waals surface area contributed by atoms with Gasteiger partial charge in [-0.2, -0.15) is 0 Å². The zero-order valence-electron chi connectivity index (χ0n) is 12.7. The second kappa shape index (κ2) is 10.5. The quantitative estimate of drug-likeness (QED) is 0.460. The summed E-state index contributed by atoms with van der Waals surface area (Å²) in [4.78, 5) is 22.2. The summed E-state index contributed by atoms with van der Waals surface area (Å²) in [6, 6.07) is -1.83. The Labute approximate surface area is 120 Å². The Kier molecular flexibility index (Phi) is 9.80. The van der Waals surface area contributed by atoms with E-state index in [9.17, 15) is 14.7 Å². The molecular formula is C14H28N2O4. The first kappa shape index (κ1) is 18.7. The molecule has 0 rings (SSSR count). The molecule has 6 heteroatoms. The fraction of sp³-hybridized carbons (Fsp3) is 0.857. The van der Waals surface area contributed by atoms with E-state index in [4.69, 9.17) is 5.11 Å². The van der Waals surface area contributed by atoms with Crippen molar-refractivity contribution in [2.75, 3.05) is 6.54 Å². The topological polar surface area (TPSA) is 98.7 Å². The maximum atomic E-state index is 11.4. The number of carboxylic acid groups (broad SMARTS) is 1. The summed E-state index contributed by atoms with van der Waals surface area (Å²) in [6.45, 7) is 6.24. The van der Waals surface area contributed by atoms with Gasteiger partial charge in [0.05, 0.1) is 6.10 Å². The number of hydrogen-bond acceptors (Lipinski definition) is 3. The highest BCUT2D eigenvalue weighted by Crippen LogP contribution is 2.08. The molecule has 0 aromatic carbocycles. The lowest BCUT2D eigenvalue weighted by atomic mass is 10.0. The highest BCUT2D eigenvalue weighted by molar-refractivity contribution is 5.82. The number of urea groups is 1. The first-order chi connectivity index (χ1) is 9.34. The van der Waals surface area contributed by atoms with Gasteiger partial charge in [0.2, 0.25) is 0 Å². The predicted molar refractivity (Wildman–Crippen MR) is 77.6 cm³/mol. The molecule has 118 valence electrons. The average molecular weight is 288 g/mol. The van der Waals surface area contributed by atoms with E-state index in [1.807, 2.05) is 0 Å². The number of amides is 2. The van der Waals surface area contributed by atoms with E-state index in [2.05, 4.69) is 24.5 Å². The summed E-state index contributed by atoms with van der Waals surface area (Å²) in [5, 5.41) is 22.9. The molecule has 0 unspecified atom stereocenters. The number of unbranched alkanes of at least 4 members (excludes halogenated alkanes) is 3. The number of carbonyl (C=O) groups excluding carboxylic acids is 1. The van der Waals surface area contributed by atoms with Gasteiger partial charge in [-0.1, -0.05) is 39.5 Å². The highest BCUT2D eigenvalue weighted by atomic mass is 16.4. The number of carboxylic acids is 1. The third-order valence-electron chi connectivity index (χ3n) is 3.03. The van der Waals surface area contributed by atoms with Crippen LogP contribution in [0.25, 0.3) is 0 Å². The van der Waals surface area contributed by atoms with E-state index in [0.29, 0.717) is 6.54 Å². The number of carbonyl (C=O) groups is 2. The molecule has 0 aliphatic rings. The molecule has 4 N–H and O–H groups in total. The van der Waals surface area contributed by atoms with Gasteiger partial charge in [-0.15, -0.1) is 0 Å². The van der Waals surface area contributed by atoms with Crippen LogP contribution < -0.4 is 10.6 Å². The van der Waals surface area contributed by atoms with Crippen molar-refractivity contribution in [2.24, 2.45) is 5.92 Å². The van der Waals surface area contributed by atoms with Crippen LogP contribution in [0.15, 0.2) is 0 Å². The van der Waals surface area contributed by atoms with E-state index < -0.39 is 24.1 Å². The Morgan fingerprint density at radius 2 is 1.65 bits per heavy atom. The molecule has 0 bridgehead atoms. The van der Waals surface area contributed by atoms with Crippen molar-refractivity contribution in [3.63, 3.8) is 0 Å². The van der Waals surface area contributed by atoms with Crippen LogP contribution in [0.4, 0.5) is 4.79 Å². The van der Waals surface area contributed by atoms with Crippen molar-refractivity contribution < 1.29 is 19.8 Å². The molecule has 2 amide bonds. The maximum absolute atomic E-state index is 11.4.